The monoisotopic (exact) mass is 229 g/mol. The molecule has 90 valence electrons. The van der Waals surface area contributed by atoms with Crippen LogP contribution in [0.1, 0.15) is 5.56 Å². The van der Waals surface area contributed by atoms with E-state index in [9.17, 15) is 4.39 Å². The summed E-state index contributed by atoms with van der Waals surface area (Å²) < 4.78 is 18.2. The molecule has 0 aliphatic carbocycles. The second-order valence-corrected chi connectivity index (χ2v) is 3.43. The van der Waals surface area contributed by atoms with Gasteiger partial charge in [0.05, 0.1) is 6.61 Å². The molecule has 0 aromatic heterocycles. The molecule has 1 rings (SSSR count). The van der Waals surface area contributed by atoms with Gasteiger partial charge in [-0.25, -0.2) is 4.39 Å². The summed E-state index contributed by atoms with van der Waals surface area (Å²) in [7, 11) is 1.75. The third kappa shape index (κ3) is 3.77. The summed E-state index contributed by atoms with van der Waals surface area (Å²) in [4.78, 5) is 0. The minimum Gasteiger partial charge on any atom is -0.490 e. The van der Waals surface area contributed by atoms with Gasteiger partial charge in [-0.2, -0.15) is 0 Å². The van der Waals surface area contributed by atoms with Gasteiger partial charge in [0, 0.05) is 12.1 Å². The largest absolute Gasteiger partial charge is 0.490 e. The molecule has 0 aliphatic rings. The van der Waals surface area contributed by atoms with E-state index in [2.05, 4.69) is 5.32 Å². The number of hydrogen-bond donors (Lipinski definition) is 3. The van der Waals surface area contributed by atoms with Crippen molar-refractivity contribution < 1.29 is 19.3 Å². The van der Waals surface area contributed by atoms with Crippen LogP contribution in [0.5, 0.6) is 5.75 Å². The highest BCUT2D eigenvalue weighted by Crippen LogP contribution is 2.19. The minimum atomic E-state index is -0.924. The zero-order valence-electron chi connectivity index (χ0n) is 9.11. The van der Waals surface area contributed by atoms with Crippen LogP contribution < -0.4 is 10.1 Å². The van der Waals surface area contributed by atoms with Gasteiger partial charge >= 0.3 is 0 Å². The molecule has 3 N–H and O–H groups in total. The molecule has 5 heteroatoms. The van der Waals surface area contributed by atoms with Gasteiger partial charge in [0.1, 0.15) is 24.3 Å². The van der Waals surface area contributed by atoms with Gasteiger partial charge in [-0.05, 0) is 25.2 Å². The van der Waals surface area contributed by atoms with Crippen LogP contribution in [0.4, 0.5) is 4.39 Å². The van der Waals surface area contributed by atoms with Crippen molar-refractivity contribution in [2.24, 2.45) is 0 Å². The van der Waals surface area contributed by atoms with Crippen LogP contribution in [0.2, 0.25) is 0 Å². The number of benzene rings is 1. The third-order valence-electron chi connectivity index (χ3n) is 2.03. The molecule has 0 aliphatic heterocycles. The lowest BCUT2D eigenvalue weighted by Gasteiger charge is -2.13. The maximum Gasteiger partial charge on any atom is 0.124 e. The first kappa shape index (κ1) is 12.9. The number of ether oxygens (including phenoxy) is 1. The van der Waals surface area contributed by atoms with E-state index in [1.54, 1.807) is 7.05 Å². The van der Waals surface area contributed by atoms with Crippen molar-refractivity contribution in [2.75, 3.05) is 20.3 Å². The van der Waals surface area contributed by atoms with E-state index in [0.717, 1.165) is 0 Å². The van der Waals surface area contributed by atoms with E-state index in [1.165, 1.54) is 18.2 Å². The van der Waals surface area contributed by atoms with E-state index >= 15 is 0 Å². The van der Waals surface area contributed by atoms with E-state index in [1.807, 2.05) is 0 Å². The number of aliphatic hydroxyl groups excluding tert-OH is 2. The van der Waals surface area contributed by atoms with Gasteiger partial charge in [-0.3, -0.25) is 0 Å². The molecule has 1 unspecified atom stereocenters. The molecule has 1 atom stereocenters. The average Bonchev–Trinajstić information content (AvgIpc) is 2.28. The van der Waals surface area contributed by atoms with E-state index < -0.39 is 6.10 Å². The Labute approximate surface area is 93.7 Å². The Kier molecular flexibility index (Phi) is 5.18. The van der Waals surface area contributed by atoms with Crippen LogP contribution in [-0.2, 0) is 6.54 Å². The van der Waals surface area contributed by atoms with Crippen molar-refractivity contribution >= 4 is 0 Å². The summed E-state index contributed by atoms with van der Waals surface area (Å²) >= 11 is 0. The second kappa shape index (κ2) is 6.42. The summed E-state index contributed by atoms with van der Waals surface area (Å²) in [5, 5.41) is 20.7. The number of hydrogen-bond acceptors (Lipinski definition) is 4. The summed E-state index contributed by atoms with van der Waals surface area (Å²) in [6, 6.07) is 4.17. The van der Waals surface area contributed by atoms with Gasteiger partial charge in [-0.1, -0.05) is 0 Å². The molecule has 1 aromatic carbocycles. The Hall–Kier alpha value is -1.17. The first-order chi connectivity index (χ1) is 7.67. The highest BCUT2D eigenvalue weighted by molar-refractivity contribution is 5.33. The zero-order chi connectivity index (χ0) is 12.0. The van der Waals surface area contributed by atoms with Crippen LogP contribution in [0, 0.1) is 5.82 Å². The Balaban J connectivity index is 2.70. The Bertz CT molecular complexity index is 333. The normalized spacial score (nSPS) is 12.5. The molecule has 4 nitrogen and oxygen atoms in total. The SMILES string of the molecule is CNCc1cc(F)ccc1OCC(O)CO. The molecule has 0 amide bonds. The van der Waals surface area contributed by atoms with Crippen molar-refractivity contribution in [1.82, 2.24) is 5.32 Å². The molecule has 0 bridgehead atoms. The maximum atomic E-state index is 13.0. The molecule has 0 saturated carbocycles. The van der Waals surface area contributed by atoms with Gasteiger partial charge in [-0.15, -0.1) is 0 Å². The topological polar surface area (TPSA) is 61.7 Å². The lowest BCUT2D eigenvalue weighted by Crippen LogP contribution is -2.22. The summed E-state index contributed by atoms with van der Waals surface area (Å²) in [6.07, 6.45) is -0.924. The van der Waals surface area contributed by atoms with Crippen LogP contribution >= 0.6 is 0 Å². The van der Waals surface area contributed by atoms with Gasteiger partial charge < -0.3 is 20.3 Å². The van der Waals surface area contributed by atoms with Crippen molar-refractivity contribution in [1.29, 1.82) is 0 Å². The number of aliphatic hydroxyl groups is 2. The molecule has 16 heavy (non-hydrogen) atoms. The molecule has 0 heterocycles. The molecular weight excluding hydrogens is 213 g/mol. The zero-order valence-corrected chi connectivity index (χ0v) is 9.11. The highest BCUT2D eigenvalue weighted by atomic mass is 19.1. The highest BCUT2D eigenvalue weighted by Gasteiger charge is 2.07. The number of nitrogens with one attached hydrogen (secondary N) is 1. The van der Waals surface area contributed by atoms with Crippen molar-refractivity contribution in [3.8, 4) is 5.75 Å². The molecule has 0 radical (unpaired) electrons. The Morgan fingerprint density at radius 3 is 2.88 bits per heavy atom. The first-order valence-electron chi connectivity index (χ1n) is 5.02. The number of rotatable bonds is 6. The lowest BCUT2D eigenvalue weighted by molar-refractivity contribution is 0.0532. The van der Waals surface area contributed by atoms with Gasteiger partial charge in [0.25, 0.3) is 0 Å². The van der Waals surface area contributed by atoms with E-state index in [0.29, 0.717) is 17.9 Å². The smallest absolute Gasteiger partial charge is 0.124 e. The van der Waals surface area contributed by atoms with Crippen molar-refractivity contribution in [3.63, 3.8) is 0 Å². The van der Waals surface area contributed by atoms with Crippen molar-refractivity contribution in [2.45, 2.75) is 12.6 Å². The fraction of sp³-hybridized carbons (Fsp3) is 0.455. The van der Waals surface area contributed by atoms with E-state index in [-0.39, 0.29) is 19.0 Å². The lowest BCUT2D eigenvalue weighted by atomic mass is 10.2. The minimum absolute atomic E-state index is 0.0150. The fourth-order valence-corrected chi connectivity index (χ4v) is 1.26. The summed E-state index contributed by atoms with van der Waals surface area (Å²) in [6.45, 7) is 0.101. The molecule has 0 spiro atoms. The summed E-state index contributed by atoms with van der Waals surface area (Å²) in [5.74, 6) is 0.170. The second-order valence-electron chi connectivity index (χ2n) is 3.43. The summed E-state index contributed by atoms with van der Waals surface area (Å²) in [5.41, 5.74) is 0.674. The molecule has 0 fully saturated rings. The Morgan fingerprint density at radius 1 is 1.50 bits per heavy atom. The molecular formula is C11H16FNO3. The molecule has 1 aromatic rings. The number of halogens is 1. The average molecular weight is 229 g/mol. The van der Waals surface area contributed by atoms with Crippen LogP contribution in [0.25, 0.3) is 0 Å². The van der Waals surface area contributed by atoms with E-state index in [4.69, 9.17) is 14.9 Å². The third-order valence-corrected chi connectivity index (χ3v) is 2.03. The standard InChI is InChI=1S/C11H16FNO3/c1-13-5-8-4-9(12)2-3-11(8)16-7-10(15)6-14/h2-4,10,13-15H,5-7H2,1H3. The molecule has 0 saturated heterocycles. The fourth-order valence-electron chi connectivity index (χ4n) is 1.26. The predicted molar refractivity (Wildman–Crippen MR) is 57.8 cm³/mol. The predicted octanol–water partition coefficient (Wildman–Crippen LogP) is 0.277. The van der Waals surface area contributed by atoms with Crippen LogP contribution in [0.15, 0.2) is 18.2 Å². The quantitative estimate of drug-likeness (QED) is 0.655. The maximum absolute atomic E-state index is 13.0. The van der Waals surface area contributed by atoms with Crippen molar-refractivity contribution in [3.05, 3.63) is 29.6 Å². The van der Waals surface area contributed by atoms with Gasteiger partial charge in [0.15, 0.2) is 0 Å². The van der Waals surface area contributed by atoms with Gasteiger partial charge in [0.2, 0.25) is 0 Å². The Morgan fingerprint density at radius 2 is 2.25 bits per heavy atom. The van der Waals surface area contributed by atoms with Crippen LogP contribution in [0.3, 0.4) is 0 Å². The first-order valence-corrected chi connectivity index (χ1v) is 5.02. The van der Waals surface area contributed by atoms with Crippen LogP contribution in [-0.4, -0.2) is 36.6 Å².